The minimum absolute atomic E-state index is 0.0774. The molecule has 0 aliphatic carbocycles. The third-order valence-corrected chi connectivity index (χ3v) is 9.54. The molecule has 2 atom stereocenters. The lowest BCUT2D eigenvalue weighted by molar-refractivity contribution is -0.136. The van der Waals surface area contributed by atoms with Crippen molar-refractivity contribution >= 4 is 45.9 Å². The first-order valence-electron chi connectivity index (χ1n) is 16.2. The van der Waals surface area contributed by atoms with Gasteiger partial charge in [0.1, 0.15) is 6.04 Å². The molecular weight excluding hydrogens is 598 g/mol. The number of H-pyrrole nitrogens is 1. The van der Waals surface area contributed by atoms with E-state index in [-0.39, 0.29) is 29.6 Å². The van der Waals surface area contributed by atoms with Gasteiger partial charge in [-0.2, -0.15) is 0 Å². The Morgan fingerprint density at radius 2 is 1.74 bits per heavy atom. The quantitative estimate of drug-likeness (QED) is 0.267. The first-order valence-corrected chi connectivity index (χ1v) is 16.5. The van der Waals surface area contributed by atoms with E-state index >= 15 is 0 Å². The molecule has 9 heteroatoms. The monoisotopic (exact) mass is 639 g/mol. The van der Waals surface area contributed by atoms with E-state index in [1.54, 1.807) is 0 Å². The molecule has 3 heterocycles. The molecule has 3 aromatic carbocycles. The molecule has 1 aromatic heterocycles. The number of hydrogen-bond acceptors (Lipinski definition) is 4. The smallest absolute Gasteiger partial charge is 0.249 e. The molecule has 46 heavy (non-hydrogen) atoms. The molecule has 0 saturated carbocycles. The van der Waals surface area contributed by atoms with Gasteiger partial charge < -0.3 is 25.0 Å². The molecule has 4 aromatic rings. The minimum Gasteiger partial charge on any atom is -0.361 e. The highest BCUT2D eigenvalue weighted by molar-refractivity contribution is 6.30. The molecular formula is C37H42ClN5O3. The zero-order chi connectivity index (χ0) is 32.2. The van der Waals surface area contributed by atoms with Crippen molar-refractivity contribution in [3.63, 3.8) is 0 Å². The van der Waals surface area contributed by atoms with E-state index in [9.17, 15) is 14.4 Å². The SMILES string of the molecule is CN(C)CC1Cc2cc(Cl)ccc2N(C(=O)[C@@H](Cc2c[nH]c3ccccc23)NC(=O)C2CCN(C(=O)Cc3ccccc3)CC2)C1. The van der Waals surface area contributed by atoms with Gasteiger partial charge in [0, 0.05) is 66.3 Å². The number of fused-ring (bicyclic) bond motifs is 2. The number of carbonyl (C=O) groups is 3. The van der Waals surface area contributed by atoms with Crippen LogP contribution in [0.15, 0.2) is 79.0 Å². The van der Waals surface area contributed by atoms with Crippen LogP contribution in [0.3, 0.4) is 0 Å². The van der Waals surface area contributed by atoms with Gasteiger partial charge in [-0.05, 0) is 80.2 Å². The Bertz CT molecular complexity index is 1700. The van der Waals surface area contributed by atoms with E-state index < -0.39 is 6.04 Å². The van der Waals surface area contributed by atoms with Gasteiger partial charge in [-0.15, -0.1) is 0 Å². The predicted molar refractivity (Wildman–Crippen MR) is 183 cm³/mol. The van der Waals surface area contributed by atoms with Crippen LogP contribution in [0.25, 0.3) is 10.9 Å². The number of halogens is 1. The summed E-state index contributed by atoms with van der Waals surface area (Å²) < 4.78 is 0. The van der Waals surface area contributed by atoms with E-state index in [0.717, 1.165) is 46.2 Å². The van der Waals surface area contributed by atoms with E-state index in [1.165, 1.54) is 0 Å². The maximum absolute atomic E-state index is 14.6. The number of hydrogen-bond donors (Lipinski definition) is 2. The molecule has 1 saturated heterocycles. The molecule has 240 valence electrons. The number of carbonyl (C=O) groups excluding carboxylic acids is 3. The van der Waals surface area contributed by atoms with Crippen molar-refractivity contribution in [3.8, 4) is 0 Å². The summed E-state index contributed by atoms with van der Waals surface area (Å²) in [7, 11) is 4.08. The van der Waals surface area contributed by atoms with Gasteiger partial charge in [0.25, 0.3) is 0 Å². The second-order valence-electron chi connectivity index (χ2n) is 13.0. The van der Waals surface area contributed by atoms with E-state index in [2.05, 4.69) is 15.2 Å². The van der Waals surface area contributed by atoms with Crippen LogP contribution < -0.4 is 10.2 Å². The van der Waals surface area contributed by atoms with Crippen molar-refractivity contribution in [2.24, 2.45) is 11.8 Å². The van der Waals surface area contributed by atoms with Crippen molar-refractivity contribution in [2.45, 2.75) is 38.1 Å². The summed E-state index contributed by atoms with van der Waals surface area (Å²) in [6.45, 7) is 2.44. The molecule has 1 fully saturated rings. The van der Waals surface area contributed by atoms with E-state index in [1.807, 2.05) is 103 Å². The number of benzene rings is 3. The Hall–Kier alpha value is -4.14. The maximum Gasteiger partial charge on any atom is 0.249 e. The first kappa shape index (κ1) is 31.8. The van der Waals surface area contributed by atoms with E-state index in [0.29, 0.717) is 50.3 Å². The maximum atomic E-state index is 14.6. The van der Waals surface area contributed by atoms with Crippen molar-refractivity contribution in [1.29, 1.82) is 0 Å². The predicted octanol–water partition coefficient (Wildman–Crippen LogP) is 5.10. The number of nitrogens with zero attached hydrogens (tertiary/aromatic N) is 3. The molecule has 2 N–H and O–H groups in total. The van der Waals surface area contributed by atoms with Crippen LogP contribution in [-0.2, 0) is 33.6 Å². The number of amides is 3. The molecule has 0 spiro atoms. The van der Waals surface area contributed by atoms with Crippen LogP contribution in [0.4, 0.5) is 5.69 Å². The van der Waals surface area contributed by atoms with Gasteiger partial charge in [0.15, 0.2) is 0 Å². The Labute approximate surface area is 275 Å². The second-order valence-corrected chi connectivity index (χ2v) is 13.4. The highest BCUT2D eigenvalue weighted by Gasteiger charge is 2.36. The molecule has 0 radical (unpaired) electrons. The van der Waals surface area contributed by atoms with Crippen LogP contribution in [0.2, 0.25) is 5.02 Å². The van der Waals surface area contributed by atoms with E-state index in [4.69, 9.17) is 11.6 Å². The standard InChI is InChI=1S/C37H42ClN5O3/c1-41(2)23-26-18-28-20-30(38)12-13-34(28)43(24-26)37(46)33(21-29-22-39-32-11-7-6-10-31(29)32)40-36(45)27-14-16-42(17-15-27)35(44)19-25-8-4-3-5-9-25/h3-13,20,22,26-27,33,39H,14-19,21,23-24H2,1-2H3,(H,40,45)/t26?,33-/m1/s1. The molecule has 2 aliphatic heterocycles. The Morgan fingerprint density at radius 1 is 1.00 bits per heavy atom. The Balaban J connectivity index is 1.21. The number of piperidine rings is 1. The summed E-state index contributed by atoms with van der Waals surface area (Å²) in [4.78, 5) is 50.5. The fraction of sp³-hybridized carbons (Fsp3) is 0.378. The minimum atomic E-state index is -0.758. The largest absolute Gasteiger partial charge is 0.361 e. The average Bonchev–Trinajstić information content (AvgIpc) is 3.46. The molecule has 8 nitrogen and oxygen atoms in total. The van der Waals surface area contributed by atoms with Crippen molar-refractivity contribution < 1.29 is 14.4 Å². The van der Waals surface area contributed by atoms with Gasteiger partial charge in [-0.3, -0.25) is 14.4 Å². The summed E-state index contributed by atoms with van der Waals surface area (Å²) in [5, 5.41) is 4.87. The third-order valence-electron chi connectivity index (χ3n) is 9.30. The Kier molecular flexibility index (Phi) is 9.75. The van der Waals surface area contributed by atoms with Crippen LogP contribution in [0.5, 0.6) is 0 Å². The summed E-state index contributed by atoms with van der Waals surface area (Å²) in [6, 6.07) is 22.7. The number of anilines is 1. The van der Waals surface area contributed by atoms with Crippen LogP contribution in [0.1, 0.15) is 29.5 Å². The zero-order valence-corrected chi connectivity index (χ0v) is 27.3. The number of likely N-dealkylation sites (tertiary alicyclic amines) is 1. The topological polar surface area (TPSA) is 88.8 Å². The first-order chi connectivity index (χ1) is 22.2. The average molecular weight is 640 g/mol. The second kappa shape index (κ2) is 14.1. The van der Waals surface area contributed by atoms with Crippen LogP contribution in [0, 0.1) is 11.8 Å². The summed E-state index contributed by atoms with van der Waals surface area (Å²) in [6.07, 6.45) is 4.62. The lowest BCUT2D eigenvalue weighted by Gasteiger charge is -2.38. The lowest BCUT2D eigenvalue weighted by atomic mass is 9.90. The third kappa shape index (κ3) is 7.29. The molecule has 6 rings (SSSR count). The fourth-order valence-corrected chi connectivity index (χ4v) is 7.23. The Morgan fingerprint density at radius 3 is 2.50 bits per heavy atom. The lowest BCUT2D eigenvalue weighted by Crippen LogP contribution is -2.54. The molecule has 2 aliphatic rings. The van der Waals surface area contributed by atoms with Gasteiger partial charge in [0.2, 0.25) is 17.7 Å². The zero-order valence-electron chi connectivity index (χ0n) is 26.5. The number of aromatic amines is 1. The van der Waals surface area contributed by atoms with Gasteiger partial charge >= 0.3 is 0 Å². The normalized spacial score (nSPS) is 17.6. The molecule has 1 unspecified atom stereocenters. The summed E-state index contributed by atoms with van der Waals surface area (Å²) in [5.41, 5.74) is 4.86. The van der Waals surface area contributed by atoms with Gasteiger partial charge in [0.05, 0.1) is 6.42 Å². The van der Waals surface area contributed by atoms with Crippen molar-refractivity contribution in [2.75, 3.05) is 45.2 Å². The van der Waals surface area contributed by atoms with Crippen LogP contribution in [-0.4, -0.2) is 78.8 Å². The summed E-state index contributed by atoms with van der Waals surface area (Å²) in [5.74, 6) is -0.221. The van der Waals surface area contributed by atoms with Crippen LogP contribution >= 0.6 is 11.6 Å². The number of rotatable bonds is 9. The van der Waals surface area contributed by atoms with Gasteiger partial charge in [-0.25, -0.2) is 0 Å². The molecule has 3 amide bonds. The number of nitrogens with one attached hydrogen (secondary N) is 2. The van der Waals surface area contributed by atoms with Gasteiger partial charge in [-0.1, -0.05) is 60.1 Å². The number of para-hydroxylation sites is 1. The highest BCUT2D eigenvalue weighted by Crippen LogP contribution is 2.33. The summed E-state index contributed by atoms with van der Waals surface area (Å²) >= 11 is 6.40. The molecule has 0 bridgehead atoms. The van der Waals surface area contributed by atoms with Crippen molar-refractivity contribution in [3.05, 3.63) is 101 Å². The van der Waals surface area contributed by atoms with Crippen molar-refractivity contribution in [1.82, 2.24) is 20.1 Å². The number of aromatic nitrogens is 1. The fourth-order valence-electron chi connectivity index (χ4n) is 7.03. The highest BCUT2D eigenvalue weighted by atomic mass is 35.5.